The lowest BCUT2D eigenvalue weighted by molar-refractivity contribution is -0.674. The molecule has 5 nitrogen and oxygen atoms in total. The Morgan fingerprint density at radius 3 is 1.69 bits per heavy atom. The van der Waals surface area contributed by atoms with E-state index in [9.17, 15) is 5.11 Å². The molecule has 0 aliphatic carbocycles. The zero-order chi connectivity index (χ0) is 38.5. The van der Waals surface area contributed by atoms with E-state index in [1.54, 1.807) is 0 Å². The number of hydrogen-bond donors (Lipinski definition) is 1. The molecule has 4 aromatic heterocycles. The van der Waals surface area contributed by atoms with Gasteiger partial charge in [0.1, 0.15) is 6.61 Å². The molecule has 0 saturated carbocycles. The maximum Gasteiger partial charge on any atom is 0.213 e. The lowest BCUT2D eigenvalue weighted by Gasteiger charge is -2.09. The lowest BCUT2D eigenvalue weighted by atomic mass is 10.1. The molecule has 8 rings (SSSR count). The van der Waals surface area contributed by atoms with Crippen LogP contribution in [0.25, 0.3) is 57.5 Å². The highest BCUT2D eigenvalue weighted by molar-refractivity contribution is 5.82. The third-order valence-electron chi connectivity index (χ3n) is 10.2. The molecule has 8 aromatic rings. The van der Waals surface area contributed by atoms with E-state index in [0.717, 1.165) is 22.4 Å². The van der Waals surface area contributed by atoms with Gasteiger partial charge in [-0.1, -0.05) is 71.8 Å². The standard InChI is InChI=1S/C26H27N2O.C24H22N2/c1-19-9-14-26-23(17-19)11-13-24(27(26)15-16-29)12-10-22-18-20(2)28(21(22)3)25-7-5-4-6-8-25;1-17-9-14-24-21(15-17)11-13-22(25-24)12-10-20-16-18(2)26(19(20)3)23-7-5-4-6-8-23/h4-14,17-18,29H,15-16H2,1-3H3;4-16H,1-3H3/q+1;/b;12-10+. The first kappa shape index (κ1) is 37.0. The molecule has 0 unspecified atom stereocenters. The Morgan fingerprint density at radius 2 is 1.09 bits per heavy atom. The molecule has 4 heterocycles. The van der Waals surface area contributed by atoms with Gasteiger partial charge in [0.2, 0.25) is 11.2 Å². The number of fused-ring (bicyclic) bond motifs is 2. The summed E-state index contributed by atoms with van der Waals surface area (Å²) in [6.45, 7) is 13.5. The summed E-state index contributed by atoms with van der Waals surface area (Å²) in [4.78, 5) is 4.75. The van der Waals surface area contributed by atoms with E-state index in [4.69, 9.17) is 4.98 Å². The number of aryl methyl sites for hydroxylation is 4. The van der Waals surface area contributed by atoms with Crippen LogP contribution >= 0.6 is 0 Å². The second-order valence-electron chi connectivity index (χ2n) is 14.3. The van der Waals surface area contributed by atoms with E-state index in [-0.39, 0.29) is 6.61 Å². The van der Waals surface area contributed by atoms with Crippen molar-refractivity contribution in [3.8, 4) is 11.4 Å². The fourth-order valence-corrected chi connectivity index (χ4v) is 7.52. The highest BCUT2D eigenvalue weighted by Crippen LogP contribution is 2.25. The van der Waals surface area contributed by atoms with Crippen LogP contribution in [0.1, 0.15) is 56.4 Å². The molecule has 0 saturated heterocycles. The molecule has 1 N–H and O–H groups in total. The van der Waals surface area contributed by atoms with Crippen LogP contribution < -0.4 is 4.57 Å². The zero-order valence-electron chi connectivity index (χ0n) is 32.7. The number of pyridine rings is 2. The minimum Gasteiger partial charge on any atom is -0.390 e. The molecule has 0 amide bonds. The highest BCUT2D eigenvalue weighted by Gasteiger charge is 2.15. The predicted molar refractivity (Wildman–Crippen MR) is 231 cm³/mol. The Kier molecular flexibility index (Phi) is 11.0. The van der Waals surface area contributed by atoms with Gasteiger partial charge in [-0.15, -0.1) is 0 Å². The number of rotatable bonds is 8. The van der Waals surface area contributed by atoms with Crippen LogP contribution in [0, 0.1) is 41.5 Å². The molecule has 0 spiro atoms. The summed E-state index contributed by atoms with van der Waals surface area (Å²) in [6, 6.07) is 46.7. The van der Waals surface area contributed by atoms with Gasteiger partial charge in [-0.2, -0.15) is 4.57 Å². The quantitative estimate of drug-likeness (QED) is 0.159. The van der Waals surface area contributed by atoms with Crippen LogP contribution in [-0.4, -0.2) is 25.8 Å². The Hall–Kier alpha value is -6.30. The molecule has 274 valence electrons. The average molecular weight is 722 g/mol. The van der Waals surface area contributed by atoms with E-state index < -0.39 is 0 Å². The van der Waals surface area contributed by atoms with Gasteiger partial charge in [-0.05, 0) is 132 Å². The average Bonchev–Trinajstić information content (AvgIpc) is 3.65. The minimum atomic E-state index is 0.112. The van der Waals surface area contributed by atoms with Gasteiger partial charge in [-0.3, -0.25) is 0 Å². The van der Waals surface area contributed by atoms with Crippen molar-refractivity contribution < 1.29 is 9.67 Å². The Morgan fingerprint density at radius 1 is 0.545 bits per heavy atom. The fourth-order valence-electron chi connectivity index (χ4n) is 7.52. The van der Waals surface area contributed by atoms with Gasteiger partial charge in [-0.25, -0.2) is 4.98 Å². The van der Waals surface area contributed by atoms with Crippen molar-refractivity contribution in [3.63, 3.8) is 0 Å². The first-order chi connectivity index (χ1) is 26.7. The maximum atomic E-state index is 9.61. The van der Waals surface area contributed by atoms with Crippen molar-refractivity contribution in [2.45, 2.75) is 48.1 Å². The predicted octanol–water partition coefficient (Wildman–Crippen LogP) is 11.1. The summed E-state index contributed by atoms with van der Waals surface area (Å²) in [5.41, 5.74) is 16.4. The zero-order valence-corrected chi connectivity index (χ0v) is 32.7. The molecular weight excluding hydrogens is 673 g/mol. The second kappa shape index (κ2) is 16.4. The van der Waals surface area contributed by atoms with Crippen molar-refractivity contribution >= 4 is 46.1 Å². The van der Waals surface area contributed by atoms with E-state index in [0.29, 0.717) is 6.54 Å². The number of para-hydroxylation sites is 2. The maximum absolute atomic E-state index is 9.61. The topological polar surface area (TPSA) is 46.9 Å². The number of aliphatic hydroxyl groups is 1. The molecule has 0 atom stereocenters. The molecule has 55 heavy (non-hydrogen) atoms. The largest absolute Gasteiger partial charge is 0.390 e. The summed E-state index contributed by atoms with van der Waals surface area (Å²) in [5.74, 6) is 0. The van der Waals surface area contributed by atoms with Crippen molar-refractivity contribution in [2.75, 3.05) is 6.61 Å². The fraction of sp³-hybridized carbons (Fsp3) is 0.160. The number of benzene rings is 4. The molecule has 0 fully saturated rings. The van der Waals surface area contributed by atoms with Crippen molar-refractivity contribution in [1.29, 1.82) is 0 Å². The Bertz CT molecular complexity index is 2660. The number of hydrogen-bond acceptors (Lipinski definition) is 2. The van der Waals surface area contributed by atoms with Gasteiger partial charge in [0.15, 0.2) is 6.54 Å². The first-order valence-corrected chi connectivity index (χ1v) is 19.0. The van der Waals surface area contributed by atoms with Gasteiger partial charge in [0.05, 0.1) is 11.2 Å². The molecule has 0 bridgehead atoms. The Labute approximate surface area is 324 Å². The number of aromatic nitrogens is 4. The normalized spacial score (nSPS) is 11.5. The van der Waals surface area contributed by atoms with Gasteiger partial charge < -0.3 is 14.2 Å². The van der Waals surface area contributed by atoms with Crippen molar-refractivity contribution in [1.82, 2.24) is 14.1 Å². The number of aliphatic hydroxyl groups excluding tert-OH is 1. The first-order valence-electron chi connectivity index (χ1n) is 19.0. The van der Waals surface area contributed by atoms with Crippen LogP contribution in [0.15, 0.2) is 133 Å². The van der Waals surface area contributed by atoms with Gasteiger partial charge in [0, 0.05) is 63.1 Å². The number of nitrogens with zero attached hydrogens (tertiary/aromatic N) is 4. The molecule has 5 heteroatoms. The summed E-state index contributed by atoms with van der Waals surface area (Å²) < 4.78 is 6.75. The summed E-state index contributed by atoms with van der Waals surface area (Å²) in [7, 11) is 0. The van der Waals surface area contributed by atoms with Gasteiger partial charge >= 0.3 is 0 Å². The lowest BCUT2D eigenvalue weighted by Crippen LogP contribution is -2.39. The Balaban J connectivity index is 0.000000170. The van der Waals surface area contributed by atoms with Crippen molar-refractivity contribution in [2.24, 2.45) is 0 Å². The molecule has 4 aromatic carbocycles. The van der Waals surface area contributed by atoms with Crippen molar-refractivity contribution in [3.05, 3.63) is 190 Å². The van der Waals surface area contributed by atoms with E-state index >= 15 is 0 Å². The molecular formula is C50H49N4O+. The summed E-state index contributed by atoms with van der Waals surface area (Å²) >= 11 is 0. The SMILES string of the molecule is Cc1ccc2c(ccc(/C=C/c3cc(C)n(-c4ccccc4)c3C)[n+]2CCO)c1.Cc1ccc2nc(/C=C/c3cc(C)n(-c4ccccc4)c3C)ccc2c1. The summed E-state index contributed by atoms with van der Waals surface area (Å²) in [6.07, 6.45) is 8.57. The van der Waals surface area contributed by atoms with Crippen LogP contribution in [0.4, 0.5) is 0 Å². The minimum absolute atomic E-state index is 0.112. The smallest absolute Gasteiger partial charge is 0.213 e. The van der Waals surface area contributed by atoms with Crippen LogP contribution in [0.3, 0.4) is 0 Å². The molecule has 0 aliphatic rings. The second-order valence-corrected chi connectivity index (χ2v) is 14.3. The molecule has 0 aliphatic heterocycles. The van der Waals surface area contributed by atoms with Gasteiger partial charge in [0.25, 0.3) is 0 Å². The monoisotopic (exact) mass is 721 g/mol. The molecule has 0 radical (unpaired) electrons. The van der Waals surface area contributed by atoms with Crippen LogP contribution in [0.2, 0.25) is 0 Å². The van der Waals surface area contributed by atoms with E-state index in [2.05, 4.69) is 201 Å². The van der Waals surface area contributed by atoms with Crippen LogP contribution in [0.5, 0.6) is 0 Å². The third kappa shape index (κ3) is 8.13. The third-order valence-corrected chi connectivity index (χ3v) is 10.2. The highest BCUT2D eigenvalue weighted by atomic mass is 16.3. The van der Waals surface area contributed by atoms with E-state index in [1.807, 2.05) is 12.1 Å². The van der Waals surface area contributed by atoms with Crippen LogP contribution in [-0.2, 0) is 6.54 Å². The van der Waals surface area contributed by atoms with E-state index in [1.165, 1.54) is 67.2 Å². The summed E-state index contributed by atoms with van der Waals surface area (Å²) in [5, 5.41) is 12.0.